The lowest BCUT2D eigenvalue weighted by atomic mass is 10.2. The fourth-order valence-electron chi connectivity index (χ4n) is 0.831. The van der Waals surface area contributed by atoms with Crippen LogP contribution in [0.2, 0.25) is 0 Å². The third-order valence-corrected chi connectivity index (χ3v) is 2.12. The van der Waals surface area contributed by atoms with E-state index in [1.54, 1.807) is 5.32 Å². The highest BCUT2D eigenvalue weighted by Gasteiger charge is 2.13. The van der Waals surface area contributed by atoms with Crippen LogP contribution in [-0.2, 0) is 19.0 Å². The molecule has 0 bridgehead atoms. The molecule has 0 saturated carbocycles. The predicted octanol–water partition coefficient (Wildman–Crippen LogP) is -5.18. The van der Waals surface area contributed by atoms with Crippen molar-refractivity contribution < 1.29 is 39.2 Å². The van der Waals surface area contributed by atoms with Crippen molar-refractivity contribution in [1.29, 1.82) is 0 Å². The fourth-order valence-corrected chi connectivity index (χ4v) is 1.27. The number of hydrogen-bond acceptors (Lipinski definition) is 8. The number of hydrogen-bond donors (Lipinski definition) is 1. The van der Waals surface area contributed by atoms with E-state index >= 15 is 0 Å². The molecule has 0 radical (unpaired) electrons. The van der Waals surface area contributed by atoms with Gasteiger partial charge in [-0.3, -0.25) is 4.79 Å². The average Bonchev–Trinajstić information content (AvgIpc) is 2.08. The summed E-state index contributed by atoms with van der Waals surface area (Å²) in [6.07, 6.45) is -1.74. The Morgan fingerprint density at radius 1 is 1.38 bits per heavy atom. The first-order valence-corrected chi connectivity index (χ1v) is 5.75. The van der Waals surface area contributed by atoms with E-state index in [-0.39, 0.29) is 6.42 Å². The van der Waals surface area contributed by atoms with Gasteiger partial charge in [-0.15, -0.1) is 0 Å². The maximum atomic E-state index is 10.8. The molecule has 0 fully saturated rings. The van der Waals surface area contributed by atoms with Gasteiger partial charge in [0.15, 0.2) is 0 Å². The summed E-state index contributed by atoms with van der Waals surface area (Å²) in [4.78, 5) is 44.9. The van der Waals surface area contributed by atoms with Crippen LogP contribution in [0, 0.1) is 0 Å². The highest BCUT2D eigenvalue weighted by atomic mass is 31.2. The van der Waals surface area contributed by atoms with Crippen LogP contribution in [0.1, 0.15) is 6.42 Å². The lowest BCUT2D eigenvalue weighted by Crippen LogP contribution is -2.49. The monoisotopic (exact) mass is 253 g/mol. The van der Waals surface area contributed by atoms with Crippen molar-refractivity contribution in [2.75, 3.05) is 12.8 Å². The van der Waals surface area contributed by atoms with Crippen LogP contribution < -0.4 is 25.5 Å². The number of amides is 1. The summed E-state index contributed by atoms with van der Waals surface area (Å²) in [7, 11) is -5.05. The maximum absolute atomic E-state index is 10.8. The van der Waals surface area contributed by atoms with Crippen molar-refractivity contribution in [2.24, 2.45) is 0 Å². The van der Waals surface area contributed by atoms with Crippen molar-refractivity contribution >= 4 is 19.5 Å². The van der Waals surface area contributed by atoms with E-state index < -0.39 is 38.3 Å². The molecule has 0 aromatic rings. The van der Waals surface area contributed by atoms with E-state index in [1.807, 2.05) is 0 Å². The Bertz CT molecular complexity index is 299. The summed E-state index contributed by atoms with van der Waals surface area (Å²) in [6, 6.07) is -1.58. The Balaban J connectivity index is 4.24. The highest BCUT2D eigenvalue weighted by molar-refractivity contribution is 7.49. The Morgan fingerprint density at radius 2 is 1.94 bits per heavy atom. The average molecular weight is 253 g/mol. The van der Waals surface area contributed by atoms with Crippen LogP contribution in [0.15, 0.2) is 0 Å². The Labute approximate surface area is 90.1 Å². The molecular formula is C6H8NO8P-4. The molecular weight excluding hydrogens is 245 g/mol. The summed E-state index contributed by atoms with van der Waals surface area (Å²) in [5, 5.41) is 21.7. The molecule has 0 aliphatic heterocycles. The van der Waals surface area contributed by atoms with Crippen molar-refractivity contribution in [3.63, 3.8) is 0 Å². The van der Waals surface area contributed by atoms with Gasteiger partial charge in [0.05, 0.1) is 18.2 Å². The molecule has 1 N–H and O–H groups in total. The lowest BCUT2D eigenvalue weighted by molar-refractivity contribution is -0.689. The van der Waals surface area contributed by atoms with Crippen LogP contribution in [0.3, 0.4) is 0 Å². The quantitative estimate of drug-likeness (QED) is 0.267. The highest BCUT2D eigenvalue weighted by Crippen LogP contribution is 2.21. The fraction of sp³-hybridized carbons (Fsp3) is 0.667. The van der Waals surface area contributed by atoms with E-state index in [0.717, 1.165) is 0 Å². The Hall–Kier alpha value is -0.990. The molecule has 0 saturated heterocycles. The van der Waals surface area contributed by atoms with Crippen molar-refractivity contribution in [3.05, 3.63) is 0 Å². The SMILES string of the molecule is O=C(CP(=O)([O-])[O-])NC(CCO[O-])C(=O)[O-]. The van der Waals surface area contributed by atoms with Crippen molar-refractivity contribution in [3.8, 4) is 0 Å². The zero-order chi connectivity index (χ0) is 12.8. The summed E-state index contributed by atoms with van der Waals surface area (Å²) in [5.74, 6) is -2.98. The first kappa shape index (κ1) is 15.0. The van der Waals surface area contributed by atoms with E-state index in [0.29, 0.717) is 0 Å². The predicted molar refractivity (Wildman–Crippen MR) is 40.0 cm³/mol. The van der Waals surface area contributed by atoms with Gasteiger partial charge in [0.25, 0.3) is 0 Å². The number of carboxylic acids is 1. The van der Waals surface area contributed by atoms with Gasteiger partial charge in [-0.25, -0.2) is 0 Å². The topological polar surface area (TPSA) is 165 Å². The molecule has 0 aromatic heterocycles. The molecule has 0 aliphatic carbocycles. The van der Waals surface area contributed by atoms with Crippen LogP contribution in [0.5, 0.6) is 0 Å². The molecule has 0 rings (SSSR count). The molecule has 1 unspecified atom stereocenters. The second-order valence-corrected chi connectivity index (χ2v) is 4.36. The summed E-state index contributed by atoms with van der Waals surface area (Å²) >= 11 is 0. The third-order valence-electron chi connectivity index (χ3n) is 1.45. The van der Waals surface area contributed by atoms with Crippen molar-refractivity contribution in [2.45, 2.75) is 12.5 Å². The van der Waals surface area contributed by atoms with Gasteiger partial charge in [-0.2, -0.15) is 0 Å². The van der Waals surface area contributed by atoms with Gasteiger partial charge >= 0.3 is 0 Å². The summed E-state index contributed by atoms with van der Waals surface area (Å²) in [6.45, 7) is -0.509. The lowest BCUT2D eigenvalue weighted by Gasteiger charge is -2.29. The van der Waals surface area contributed by atoms with Crippen LogP contribution in [0.25, 0.3) is 0 Å². The Morgan fingerprint density at radius 3 is 2.31 bits per heavy atom. The molecule has 0 aromatic carbocycles. The molecule has 16 heavy (non-hydrogen) atoms. The zero-order valence-corrected chi connectivity index (χ0v) is 8.81. The second-order valence-electron chi connectivity index (χ2n) is 2.82. The smallest absolute Gasteiger partial charge is 0.225 e. The number of nitrogens with one attached hydrogen (secondary N) is 1. The number of aliphatic carboxylic acids is 1. The standard InChI is InChI=1S/C6H12NO8P/c8-5(3-16(12,13)14)7-4(6(9)10)1-2-15-11/h4,11H,1-3H2,(H,7,8)(H,9,10)(H2,12,13,14)/p-4. The summed E-state index contributed by atoms with van der Waals surface area (Å²) < 4.78 is 10.2. The van der Waals surface area contributed by atoms with Gasteiger partial charge < -0.3 is 39.7 Å². The molecule has 10 heteroatoms. The van der Waals surface area contributed by atoms with E-state index in [1.165, 1.54) is 0 Å². The zero-order valence-electron chi connectivity index (χ0n) is 7.91. The number of carbonyl (C=O) groups is 2. The second kappa shape index (κ2) is 6.56. The minimum Gasteiger partial charge on any atom is -0.810 e. The molecule has 94 valence electrons. The molecule has 1 atom stereocenters. The number of carbonyl (C=O) groups excluding carboxylic acids is 2. The van der Waals surface area contributed by atoms with Gasteiger partial charge in [0, 0.05) is 6.61 Å². The van der Waals surface area contributed by atoms with Gasteiger partial charge in [0.1, 0.15) is 0 Å². The minimum atomic E-state index is -5.05. The first-order valence-electron chi connectivity index (χ1n) is 4.02. The number of carboxylic acid groups (broad SMARTS) is 1. The summed E-state index contributed by atoms with van der Waals surface area (Å²) in [5.41, 5.74) is 0. The largest absolute Gasteiger partial charge is 0.810 e. The van der Waals surface area contributed by atoms with E-state index in [4.69, 9.17) is 0 Å². The van der Waals surface area contributed by atoms with Crippen LogP contribution in [-0.4, -0.2) is 30.7 Å². The van der Waals surface area contributed by atoms with Gasteiger partial charge in [-0.1, -0.05) is 7.60 Å². The Kier molecular flexibility index (Phi) is 6.16. The normalized spacial score (nSPS) is 13.2. The maximum Gasteiger partial charge on any atom is 0.225 e. The van der Waals surface area contributed by atoms with Gasteiger partial charge in [0.2, 0.25) is 5.91 Å². The minimum absolute atomic E-state index is 0.389. The number of rotatable bonds is 7. The van der Waals surface area contributed by atoms with Crippen molar-refractivity contribution in [1.82, 2.24) is 5.32 Å². The molecule has 9 nitrogen and oxygen atoms in total. The molecule has 0 aliphatic rings. The van der Waals surface area contributed by atoms with E-state index in [2.05, 4.69) is 4.89 Å². The third kappa shape index (κ3) is 7.32. The van der Waals surface area contributed by atoms with Gasteiger partial charge in [-0.05, 0) is 6.42 Å². The van der Waals surface area contributed by atoms with Crippen LogP contribution >= 0.6 is 7.60 Å². The molecule has 0 spiro atoms. The molecule has 0 heterocycles. The molecule has 1 amide bonds. The van der Waals surface area contributed by atoms with Crippen LogP contribution in [0.4, 0.5) is 0 Å². The first-order chi connectivity index (χ1) is 7.26. The van der Waals surface area contributed by atoms with E-state index in [9.17, 15) is 34.3 Å².